The third kappa shape index (κ3) is 10.8. The van der Waals surface area contributed by atoms with E-state index in [-0.39, 0.29) is 35.6 Å². The molecule has 1 unspecified atom stereocenters. The van der Waals surface area contributed by atoms with Crippen molar-refractivity contribution < 1.29 is 24.2 Å². The number of likely N-dealkylation sites (N-methyl/N-ethyl adjacent to an activating group) is 1. The summed E-state index contributed by atoms with van der Waals surface area (Å²) in [6.45, 7) is 5.32. The number of likely N-dealkylation sites (tertiary alicyclic amines) is 1. The summed E-state index contributed by atoms with van der Waals surface area (Å²) in [6.07, 6.45) is 9.31. The molecule has 8 rings (SSSR count). The molecule has 1 atom stereocenters. The van der Waals surface area contributed by atoms with Gasteiger partial charge in [0.15, 0.2) is 5.78 Å². The quantitative estimate of drug-likeness (QED) is 0.0808. The van der Waals surface area contributed by atoms with Crippen LogP contribution in [-0.2, 0) is 35.4 Å². The molecule has 0 bridgehead atoms. The van der Waals surface area contributed by atoms with Crippen molar-refractivity contribution >= 4 is 56.7 Å². The summed E-state index contributed by atoms with van der Waals surface area (Å²) in [6, 6.07) is 18.5. The van der Waals surface area contributed by atoms with Crippen molar-refractivity contribution in [3.05, 3.63) is 105 Å². The zero-order chi connectivity index (χ0) is 44.8. The van der Waals surface area contributed by atoms with E-state index in [0.29, 0.717) is 93.2 Å². The molecular formula is C50H60ClN7O6. The number of anilines is 1. The highest BCUT2D eigenvalue weighted by molar-refractivity contribution is 6.36. The number of amides is 2. The number of carbonyl (C=O) groups excluding carboxylic acids is 3. The Hall–Kier alpha value is -5.21. The number of fused-ring (bicyclic) bond motifs is 3. The Labute approximate surface area is 379 Å². The van der Waals surface area contributed by atoms with Gasteiger partial charge >= 0.3 is 0 Å². The van der Waals surface area contributed by atoms with Gasteiger partial charge in [0.05, 0.1) is 47.0 Å². The molecule has 0 spiro atoms. The van der Waals surface area contributed by atoms with Crippen LogP contribution in [0.5, 0.6) is 5.75 Å². The second-order valence-corrected chi connectivity index (χ2v) is 18.5. The highest BCUT2D eigenvalue weighted by Gasteiger charge is 2.36. The monoisotopic (exact) mass is 889 g/mol. The van der Waals surface area contributed by atoms with Crippen LogP contribution in [0.4, 0.5) is 5.69 Å². The van der Waals surface area contributed by atoms with E-state index >= 15 is 0 Å². The van der Waals surface area contributed by atoms with Crippen molar-refractivity contribution in [2.24, 2.45) is 5.92 Å². The van der Waals surface area contributed by atoms with Crippen LogP contribution in [0.2, 0.25) is 5.02 Å². The lowest BCUT2D eigenvalue weighted by molar-refractivity contribution is -0.140. The predicted molar refractivity (Wildman–Crippen MR) is 250 cm³/mol. The summed E-state index contributed by atoms with van der Waals surface area (Å²) in [5.74, 6) is 0.373. The van der Waals surface area contributed by atoms with Crippen LogP contribution in [0, 0.1) is 5.92 Å². The zero-order valence-electron chi connectivity index (χ0n) is 37.1. The Kier molecular flexibility index (Phi) is 14.4. The first-order chi connectivity index (χ1) is 30.9. The van der Waals surface area contributed by atoms with E-state index in [9.17, 15) is 24.3 Å². The number of nitrogens with zero attached hydrogens (tertiary/aromatic N) is 6. The largest absolute Gasteiger partial charge is 0.497 e. The molecular weight excluding hydrogens is 830 g/mol. The number of aryl methyl sites for hydroxylation is 1. The molecule has 338 valence electrons. The van der Waals surface area contributed by atoms with Gasteiger partial charge in [-0.05, 0) is 112 Å². The summed E-state index contributed by atoms with van der Waals surface area (Å²) in [7, 11) is 3.73. The van der Waals surface area contributed by atoms with Crippen LogP contribution < -0.4 is 15.6 Å². The number of rotatable bonds is 16. The summed E-state index contributed by atoms with van der Waals surface area (Å²) < 4.78 is 6.92. The van der Waals surface area contributed by atoms with E-state index in [1.54, 1.807) is 25.3 Å². The van der Waals surface area contributed by atoms with Crippen molar-refractivity contribution in [2.75, 3.05) is 65.3 Å². The van der Waals surface area contributed by atoms with Crippen LogP contribution in [0.1, 0.15) is 85.0 Å². The number of halogens is 1. The van der Waals surface area contributed by atoms with Gasteiger partial charge in [0, 0.05) is 86.9 Å². The molecule has 1 aliphatic carbocycles. The first-order valence-corrected chi connectivity index (χ1v) is 23.3. The Morgan fingerprint density at radius 2 is 1.69 bits per heavy atom. The van der Waals surface area contributed by atoms with Gasteiger partial charge in [-0.25, -0.2) is 4.98 Å². The number of piperidine rings is 1. The molecule has 0 radical (unpaired) electrons. The normalized spacial score (nSPS) is 17.3. The number of benzene rings is 3. The smallest absolute Gasteiger partial charge is 0.261 e. The average molecular weight is 891 g/mol. The number of ketones is 1. The molecule has 5 aromatic rings. The van der Waals surface area contributed by atoms with E-state index in [1.807, 2.05) is 47.4 Å². The van der Waals surface area contributed by atoms with Crippen LogP contribution in [0.15, 0.2) is 71.8 Å². The number of aromatic nitrogens is 3. The van der Waals surface area contributed by atoms with Crippen molar-refractivity contribution in [3.63, 3.8) is 0 Å². The fourth-order valence-corrected chi connectivity index (χ4v) is 9.90. The number of pyridine rings is 1. The maximum Gasteiger partial charge on any atom is 0.261 e. The minimum atomic E-state index is -1.21. The van der Waals surface area contributed by atoms with Gasteiger partial charge in [0.25, 0.3) is 5.56 Å². The average Bonchev–Trinajstić information content (AvgIpc) is 3.30. The summed E-state index contributed by atoms with van der Waals surface area (Å²) in [5, 5.41) is 16.7. The molecule has 4 heterocycles. The van der Waals surface area contributed by atoms with Gasteiger partial charge in [0.2, 0.25) is 11.8 Å². The zero-order valence-corrected chi connectivity index (χ0v) is 37.9. The molecule has 64 heavy (non-hydrogen) atoms. The number of nitrogens with one attached hydrogen (secondary N) is 1. The number of Topliss-reactive ketones (excluding diaryl/α,β-unsaturated/α-hetero) is 1. The second kappa shape index (κ2) is 20.3. The topological polar surface area (TPSA) is 150 Å². The number of hydrogen-bond acceptors (Lipinski definition) is 10. The summed E-state index contributed by atoms with van der Waals surface area (Å²) in [4.78, 5) is 69.9. The number of piperazine rings is 1. The lowest BCUT2D eigenvalue weighted by Crippen LogP contribution is -2.51. The van der Waals surface area contributed by atoms with Crippen LogP contribution >= 0.6 is 11.6 Å². The molecule has 14 heteroatoms. The first kappa shape index (κ1) is 45.4. The summed E-state index contributed by atoms with van der Waals surface area (Å²) >= 11 is 6.79. The fourth-order valence-electron chi connectivity index (χ4n) is 9.54. The van der Waals surface area contributed by atoms with Gasteiger partial charge in [-0.2, -0.15) is 0 Å². The van der Waals surface area contributed by atoms with Gasteiger partial charge in [-0.1, -0.05) is 42.3 Å². The number of ether oxygens (including phenoxy) is 1. The molecule has 13 nitrogen and oxygen atoms in total. The predicted octanol–water partition coefficient (Wildman–Crippen LogP) is 6.72. The highest BCUT2D eigenvalue weighted by Crippen LogP contribution is 2.34. The lowest BCUT2D eigenvalue weighted by atomic mass is 9.88. The van der Waals surface area contributed by atoms with Gasteiger partial charge in [0.1, 0.15) is 5.75 Å². The Morgan fingerprint density at radius 3 is 2.48 bits per heavy atom. The Morgan fingerprint density at radius 1 is 0.906 bits per heavy atom. The Balaban J connectivity index is 0.862. The van der Waals surface area contributed by atoms with E-state index in [2.05, 4.69) is 27.1 Å². The third-order valence-electron chi connectivity index (χ3n) is 13.5. The number of methoxy groups -OCH3 is 1. The third-order valence-corrected chi connectivity index (χ3v) is 13.9. The molecule has 2 amide bonds. The van der Waals surface area contributed by atoms with Gasteiger partial charge in [-0.15, -0.1) is 0 Å². The molecule has 2 aromatic heterocycles. The number of carbonyl (C=O) groups is 3. The van der Waals surface area contributed by atoms with Gasteiger partial charge < -0.3 is 29.9 Å². The molecule has 3 aromatic carbocycles. The second-order valence-electron chi connectivity index (χ2n) is 18.1. The maximum atomic E-state index is 14.3. The first-order valence-electron chi connectivity index (χ1n) is 22.9. The minimum absolute atomic E-state index is 0.0174. The van der Waals surface area contributed by atoms with E-state index in [4.69, 9.17) is 21.3 Å². The standard InChI is InChI=1S/C50H60ClN7O6/c1-55-24-26-56(27-25-55)21-18-46(60)53-37-15-17-41-43(31-37)52-33-58(49(41)62)32-50(63)19-22-57(23-20-50)48(61)36(28-34-8-7-10-38(29-34)64-2)9-3-6-13-45(59)35-14-16-40-44(30-35)54-42-12-5-4-11-39(42)47(40)51/h7-8,10,14-17,29-31,33,36,63H,3-6,9,11-13,18-28,32H2,1-2H3,(H,53,60). The summed E-state index contributed by atoms with van der Waals surface area (Å²) in [5.41, 5.74) is 4.12. The molecule has 2 N–H and O–H groups in total. The number of hydrogen-bond donors (Lipinski definition) is 2. The molecule has 2 fully saturated rings. The van der Waals surface area contributed by atoms with Crippen LogP contribution in [0.3, 0.4) is 0 Å². The fraction of sp³-hybridized carbons (Fsp3) is 0.480. The van der Waals surface area contributed by atoms with Gasteiger partial charge in [-0.3, -0.25) is 28.7 Å². The van der Waals surface area contributed by atoms with Crippen molar-refractivity contribution in [1.82, 2.24) is 29.2 Å². The SMILES string of the molecule is COc1cccc(CC(CCCCC(=O)c2ccc3c(Cl)c4c(nc3c2)CCCC4)C(=O)N2CCC(O)(Cn3cnc4cc(NC(=O)CCN5CCN(C)CC5)ccc4c3=O)CC2)c1. The van der Waals surface area contributed by atoms with E-state index in [0.717, 1.165) is 90.4 Å². The Bertz CT molecular complexity index is 2560. The van der Waals surface area contributed by atoms with Crippen LogP contribution in [0.25, 0.3) is 21.8 Å². The highest BCUT2D eigenvalue weighted by atomic mass is 35.5. The van der Waals surface area contributed by atoms with Crippen molar-refractivity contribution in [1.29, 1.82) is 0 Å². The lowest BCUT2D eigenvalue weighted by Gasteiger charge is -2.39. The molecule has 2 aliphatic heterocycles. The van der Waals surface area contributed by atoms with Crippen LogP contribution in [-0.4, -0.2) is 118 Å². The van der Waals surface area contributed by atoms with Crippen molar-refractivity contribution in [3.8, 4) is 5.75 Å². The number of unbranched alkanes of at least 4 members (excludes halogenated alkanes) is 1. The van der Waals surface area contributed by atoms with E-state index in [1.165, 1.54) is 10.9 Å². The van der Waals surface area contributed by atoms with E-state index < -0.39 is 5.60 Å². The maximum absolute atomic E-state index is 14.3. The molecule has 2 saturated heterocycles. The molecule has 3 aliphatic rings. The molecule has 0 saturated carbocycles. The number of aliphatic hydroxyl groups is 1. The minimum Gasteiger partial charge on any atom is -0.497 e. The van der Waals surface area contributed by atoms with Crippen molar-refractivity contribution in [2.45, 2.75) is 89.2 Å².